The molecule has 88 valence electrons. The van der Waals surface area contributed by atoms with Crippen molar-refractivity contribution in [1.82, 2.24) is 0 Å². The highest BCUT2D eigenvalue weighted by atomic mass is 35.5. The Morgan fingerprint density at radius 2 is 1.94 bits per heavy atom. The maximum absolute atomic E-state index is 13.3. The summed E-state index contributed by atoms with van der Waals surface area (Å²) >= 11 is 5.11. The lowest BCUT2D eigenvalue weighted by molar-refractivity contribution is 0.108. The van der Waals surface area contributed by atoms with E-state index in [1.807, 2.05) is 6.92 Å². The Labute approximate surface area is 97.2 Å². The van der Waals surface area contributed by atoms with Crippen molar-refractivity contribution in [2.75, 3.05) is 6.61 Å². The predicted octanol–water partition coefficient (Wildman–Crippen LogP) is 3.52. The normalized spacial score (nSPS) is 10.2. The summed E-state index contributed by atoms with van der Waals surface area (Å²) in [6, 6.07) is 1.72. The van der Waals surface area contributed by atoms with Gasteiger partial charge >= 0.3 is 0 Å². The standard InChI is InChI=1S/C11H11ClF2O2/c1-2-3-4-16-10-8(13)5-7(11(12)15)6-9(10)14/h5-6H,2-4H2,1H3. The van der Waals surface area contributed by atoms with E-state index < -0.39 is 22.6 Å². The van der Waals surface area contributed by atoms with Crippen molar-refractivity contribution < 1.29 is 18.3 Å². The number of benzene rings is 1. The average Bonchev–Trinajstić information content (AvgIpc) is 2.21. The van der Waals surface area contributed by atoms with Gasteiger partial charge in [-0.2, -0.15) is 0 Å². The second-order valence-corrected chi connectivity index (χ2v) is 3.59. The summed E-state index contributed by atoms with van der Waals surface area (Å²) < 4.78 is 31.6. The Balaban J connectivity index is 2.89. The van der Waals surface area contributed by atoms with Crippen molar-refractivity contribution >= 4 is 16.8 Å². The van der Waals surface area contributed by atoms with Crippen molar-refractivity contribution in [3.8, 4) is 5.75 Å². The SMILES string of the molecule is CCCCOc1c(F)cc(C(=O)Cl)cc1F. The van der Waals surface area contributed by atoms with E-state index in [0.717, 1.165) is 18.6 Å². The third-order valence-electron chi connectivity index (χ3n) is 1.97. The smallest absolute Gasteiger partial charge is 0.252 e. The molecule has 0 aliphatic carbocycles. The van der Waals surface area contributed by atoms with E-state index >= 15 is 0 Å². The lowest BCUT2D eigenvalue weighted by Crippen LogP contribution is -2.03. The number of ether oxygens (including phenoxy) is 1. The maximum atomic E-state index is 13.3. The summed E-state index contributed by atoms with van der Waals surface area (Å²) in [5.41, 5.74) is -0.223. The molecule has 0 bridgehead atoms. The van der Waals surface area contributed by atoms with Crippen LogP contribution >= 0.6 is 11.6 Å². The largest absolute Gasteiger partial charge is 0.488 e. The zero-order chi connectivity index (χ0) is 12.1. The minimum Gasteiger partial charge on any atom is -0.488 e. The van der Waals surface area contributed by atoms with Crippen LogP contribution in [0.25, 0.3) is 0 Å². The van der Waals surface area contributed by atoms with Gasteiger partial charge in [-0.25, -0.2) is 8.78 Å². The minimum atomic E-state index is -0.917. The van der Waals surface area contributed by atoms with Gasteiger partial charge in [0.2, 0.25) is 0 Å². The molecule has 0 aliphatic heterocycles. The van der Waals surface area contributed by atoms with Crippen LogP contribution in [0.5, 0.6) is 5.75 Å². The molecule has 16 heavy (non-hydrogen) atoms. The summed E-state index contributed by atoms with van der Waals surface area (Å²) in [5, 5.41) is -0.905. The van der Waals surface area contributed by atoms with E-state index in [1.165, 1.54) is 0 Å². The number of halogens is 3. The molecule has 0 spiro atoms. The van der Waals surface area contributed by atoms with Crippen LogP contribution < -0.4 is 4.74 Å². The molecule has 1 aromatic rings. The first kappa shape index (κ1) is 12.9. The topological polar surface area (TPSA) is 26.3 Å². The molecular weight excluding hydrogens is 238 g/mol. The fourth-order valence-electron chi connectivity index (χ4n) is 1.13. The van der Waals surface area contributed by atoms with Crippen molar-refractivity contribution in [3.05, 3.63) is 29.3 Å². The highest BCUT2D eigenvalue weighted by Crippen LogP contribution is 2.24. The molecular formula is C11H11ClF2O2. The number of unbranched alkanes of at least 4 members (excludes halogenated alkanes) is 1. The highest BCUT2D eigenvalue weighted by Gasteiger charge is 2.15. The minimum absolute atomic E-state index is 0.223. The van der Waals surface area contributed by atoms with Gasteiger partial charge in [0, 0.05) is 5.56 Å². The van der Waals surface area contributed by atoms with E-state index in [-0.39, 0.29) is 12.2 Å². The van der Waals surface area contributed by atoms with Gasteiger partial charge in [-0.05, 0) is 30.2 Å². The summed E-state index contributed by atoms with van der Waals surface area (Å²) in [4.78, 5) is 10.7. The monoisotopic (exact) mass is 248 g/mol. The van der Waals surface area contributed by atoms with Crippen LogP contribution in [0.15, 0.2) is 12.1 Å². The maximum Gasteiger partial charge on any atom is 0.252 e. The highest BCUT2D eigenvalue weighted by molar-refractivity contribution is 6.67. The predicted molar refractivity (Wildman–Crippen MR) is 56.9 cm³/mol. The molecule has 2 nitrogen and oxygen atoms in total. The van der Waals surface area contributed by atoms with Crippen LogP contribution in [0.2, 0.25) is 0 Å². The van der Waals surface area contributed by atoms with Crippen molar-refractivity contribution in [2.24, 2.45) is 0 Å². The van der Waals surface area contributed by atoms with E-state index in [1.54, 1.807) is 0 Å². The molecule has 0 radical (unpaired) electrons. The zero-order valence-electron chi connectivity index (χ0n) is 8.73. The van der Waals surface area contributed by atoms with Crippen LogP contribution in [-0.2, 0) is 0 Å². The first-order chi connectivity index (χ1) is 7.56. The molecule has 0 N–H and O–H groups in total. The molecule has 0 aliphatic rings. The number of hydrogen-bond donors (Lipinski definition) is 0. The van der Waals surface area contributed by atoms with E-state index in [2.05, 4.69) is 0 Å². The Kier molecular flexibility index (Phi) is 4.68. The lowest BCUT2D eigenvalue weighted by atomic mass is 10.2. The van der Waals surface area contributed by atoms with Gasteiger partial charge < -0.3 is 4.74 Å². The van der Waals surface area contributed by atoms with Crippen molar-refractivity contribution in [3.63, 3.8) is 0 Å². The van der Waals surface area contributed by atoms with Crippen molar-refractivity contribution in [1.29, 1.82) is 0 Å². The van der Waals surface area contributed by atoms with E-state index in [4.69, 9.17) is 16.3 Å². The quantitative estimate of drug-likeness (QED) is 0.589. The third kappa shape index (κ3) is 3.17. The molecule has 5 heteroatoms. The van der Waals surface area contributed by atoms with E-state index in [9.17, 15) is 13.6 Å². The van der Waals surface area contributed by atoms with Crippen LogP contribution in [-0.4, -0.2) is 11.8 Å². The van der Waals surface area contributed by atoms with Gasteiger partial charge in [0.15, 0.2) is 17.4 Å². The Bertz CT molecular complexity index is 371. The van der Waals surface area contributed by atoms with E-state index in [0.29, 0.717) is 6.42 Å². The van der Waals surface area contributed by atoms with Gasteiger partial charge in [0.05, 0.1) is 6.61 Å². The van der Waals surface area contributed by atoms with Gasteiger partial charge in [0.1, 0.15) is 0 Å². The molecule has 0 atom stereocenters. The van der Waals surface area contributed by atoms with Gasteiger partial charge in [-0.1, -0.05) is 13.3 Å². The molecule has 1 rings (SSSR count). The van der Waals surface area contributed by atoms with Crippen LogP contribution in [0.3, 0.4) is 0 Å². The average molecular weight is 249 g/mol. The van der Waals surface area contributed by atoms with Crippen LogP contribution in [0, 0.1) is 11.6 Å². The Morgan fingerprint density at radius 3 is 2.38 bits per heavy atom. The zero-order valence-corrected chi connectivity index (χ0v) is 9.48. The lowest BCUT2D eigenvalue weighted by Gasteiger charge is -2.08. The summed E-state index contributed by atoms with van der Waals surface area (Å²) in [5.74, 6) is -2.30. The second kappa shape index (κ2) is 5.80. The first-order valence-electron chi connectivity index (χ1n) is 4.88. The molecule has 0 fully saturated rings. The number of hydrogen-bond acceptors (Lipinski definition) is 2. The number of carbonyl (C=O) groups is 1. The first-order valence-corrected chi connectivity index (χ1v) is 5.25. The molecule has 0 amide bonds. The Hall–Kier alpha value is -1.16. The van der Waals surface area contributed by atoms with Crippen LogP contribution in [0.1, 0.15) is 30.1 Å². The molecule has 0 unspecified atom stereocenters. The van der Waals surface area contributed by atoms with Crippen LogP contribution in [0.4, 0.5) is 8.78 Å². The fourth-order valence-corrected chi connectivity index (χ4v) is 1.24. The van der Waals surface area contributed by atoms with Crippen molar-refractivity contribution in [2.45, 2.75) is 19.8 Å². The van der Waals surface area contributed by atoms with Gasteiger partial charge in [-0.15, -0.1) is 0 Å². The molecule has 1 aromatic carbocycles. The summed E-state index contributed by atoms with van der Waals surface area (Å²) in [7, 11) is 0. The number of rotatable bonds is 5. The summed E-state index contributed by atoms with van der Waals surface area (Å²) in [6.07, 6.45) is 1.57. The molecule has 0 saturated carbocycles. The number of carbonyl (C=O) groups excluding carboxylic acids is 1. The second-order valence-electron chi connectivity index (χ2n) is 3.24. The third-order valence-corrected chi connectivity index (χ3v) is 2.19. The van der Waals surface area contributed by atoms with Gasteiger partial charge in [-0.3, -0.25) is 4.79 Å². The summed E-state index contributed by atoms with van der Waals surface area (Å²) in [6.45, 7) is 2.17. The molecule has 0 heterocycles. The van der Waals surface area contributed by atoms with Gasteiger partial charge in [0.25, 0.3) is 5.24 Å². The molecule has 0 aromatic heterocycles. The Morgan fingerprint density at radius 1 is 1.38 bits per heavy atom. The fraction of sp³-hybridized carbons (Fsp3) is 0.364. The molecule has 0 saturated heterocycles.